The lowest BCUT2D eigenvalue weighted by molar-refractivity contribution is -0.120. The van der Waals surface area contributed by atoms with Crippen LogP contribution in [0.2, 0.25) is 0 Å². The maximum atomic E-state index is 13.7. The van der Waals surface area contributed by atoms with Gasteiger partial charge in [-0.25, -0.2) is 4.90 Å². The summed E-state index contributed by atoms with van der Waals surface area (Å²) in [5.74, 6) is -0.0594. The summed E-state index contributed by atoms with van der Waals surface area (Å²) in [6.07, 6.45) is 0.842. The van der Waals surface area contributed by atoms with Crippen LogP contribution in [0.15, 0.2) is 71.7 Å². The molecule has 6 heteroatoms. The predicted octanol–water partition coefficient (Wildman–Crippen LogP) is 4.49. The van der Waals surface area contributed by atoms with E-state index < -0.39 is 0 Å². The van der Waals surface area contributed by atoms with E-state index >= 15 is 0 Å². The minimum atomic E-state index is -0.298. The average Bonchev–Trinajstić information content (AvgIpc) is 3.40. The molecule has 5 nitrogen and oxygen atoms in total. The second kappa shape index (κ2) is 8.04. The van der Waals surface area contributed by atoms with Gasteiger partial charge in [-0.1, -0.05) is 42.5 Å². The Balaban J connectivity index is 1.60. The van der Waals surface area contributed by atoms with Gasteiger partial charge >= 0.3 is 0 Å². The first kappa shape index (κ1) is 19.6. The van der Waals surface area contributed by atoms with E-state index in [1.54, 1.807) is 12.1 Å². The normalized spacial score (nSPS) is 16.2. The van der Waals surface area contributed by atoms with Gasteiger partial charge in [0.05, 0.1) is 17.9 Å². The van der Waals surface area contributed by atoms with Gasteiger partial charge < -0.3 is 9.64 Å². The Morgan fingerprint density at radius 3 is 2.48 bits per heavy atom. The third kappa shape index (κ3) is 3.33. The Bertz CT molecular complexity index is 1180. The number of benzene rings is 2. The van der Waals surface area contributed by atoms with Gasteiger partial charge in [0, 0.05) is 18.0 Å². The molecule has 0 bridgehead atoms. The van der Waals surface area contributed by atoms with Crippen LogP contribution in [0.1, 0.15) is 22.9 Å². The summed E-state index contributed by atoms with van der Waals surface area (Å²) in [5.41, 5.74) is 3.94. The van der Waals surface area contributed by atoms with E-state index in [1.807, 2.05) is 48.7 Å². The third-order valence-electron chi connectivity index (χ3n) is 5.68. The Morgan fingerprint density at radius 2 is 1.71 bits per heavy atom. The smallest absolute Gasteiger partial charge is 0.282 e. The van der Waals surface area contributed by atoms with Crippen molar-refractivity contribution in [3.8, 4) is 5.75 Å². The van der Waals surface area contributed by atoms with Gasteiger partial charge in [-0.15, -0.1) is 11.3 Å². The summed E-state index contributed by atoms with van der Waals surface area (Å²) in [5, 5.41) is 1.93. The van der Waals surface area contributed by atoms with E-state index in [0.29, 0.717) is 42.4 Å². The van der Waals surface area contributed by atoms with Gasteiger partial charge in [0.15, 0.2) is 0 Å². The van der Waals surface area contributed by atoms with Crippen LogP contribution in [0.4, 0.5) is 5.69 Å². The van der Waals surface area contributed by atoms with Gasteiger partial charge in [0.25, 0.3) is 11.8 Å². The topological polar surface area (TPSA) is 49.9 Å². The van der Waals surface area contributed by atoms with Gasteiger partial charge in [-0.3, -0.25) is 9.59 Å². The summed E-state index contributed by atoms with van der Waals surface area (Å²) in [6, 6.07) is 19.3. The van der Waals surface area contributed by atoms with E-state index in [4.69, 9.17) is 4.74 Å². The van der Waals surface area contributed by atoms with Gasteiger partial charge in [0.2, 0.25) is 0 Å². The molecular formula is C25H22N2O3S. The number of thiophene rings is 1. The number of amides is 2. The van der Waals surface area contributed by atoms with Crippen molar-refractivity contribution in [3.05, 3.63) is 87.7 Å². The quantitative estimate of drug-likeness (QED) is 0.560. The molecule has 0 aliphatic carbocycles. The van der Waals surface area contributed by atoms with Crippen LogP contribution < -0.4 is 9.64 Å². The zero-order chi connectivity index (χ0) is 21.4. The maximum Gasteiger partial charge on any atom is 0.282 e. The number of hydrogen-bond acceptors (Lipinski definition) is 5. The molecule has 5 rings (SSSR count). The highest BCUT2D eigenvalue weighted by molar-refractivity contribution is 7.11. The van der Waals surface area contributed by atoms with Crippen molar-refractivity contribution in [1.82, 2.24) is 4.90 Å². The maximum absolute atomic E-state index is 13.7. The third-order valence-corrected chi connectivity index (χ3v) is 6.57. The second-order valence-electron chi connectivity index (χ2n) is 7.49. The fraction of sp³-hybridized carbons (Fsp3) is 0.200. The van der Waals surface area contributed by atoms with Gasteiger partial charge in [-0.05, 0) is 48.1 Å². The molecule has 2 aliphatic heterocycles. The highest BCUT2D eigenvalue weighted by Gasteiger charge is 2.44. The molecule has 3 heterocycles. The lowest BCUT2D eigenvalue weighted by atomic mass is 9.99. The van der Waals surface area contributed by atoms with E-state index in [-0.39, 0.29) is 11.8 Å². The largest absolute Gasteiger partial charge is 0.492 e. The minimum Gasteiger partial charge on any atom is -0.492 e. The van der Waals surface area contributed by atoms with Crippen LogP contribution in [0.5, 0.6) is 5.75 Å². The SMILES string of the molecule is CCOc1ccccc1N1C(=O)C(c2cccs2)=C(N2CCc3ccccc3C2)C1=O. The number of hydrogen-bond donors (Lipinski definition) is 0. The van der Waals surface area contributed by atoms with Crippen LogP contribution in [-0.4, -0.2) is 29.9 Å². The summed E-state index contributed by atoms with van der Waals surface area (Å²) in [7, 11) is 0. The number of fused-ring (bicyclic) bond motifs is 1. The summed E-state index contributed by atoms with van der Waals surface area (Å²) >= 11 is 1.48. The Labute approximate surface area is 185 Å². The molecule has 2 aromatic carbocycles. The molecule has 31 heavy (non-hydrogen) atoms. The van der Waals surface area contributed by atoms with Crippen LogP contribution in [0.3, 0.4) is 0 Å². The van der Waals surface area contributed by atoms with Crippen LogP contribution in [0, 0.1) is 0 Å². The first-order valence-electron chi connectivity index (χ1n) is 10.4. The molecule has 0 radical (unpaired) electrons. The molecule has 0 N–H and O–H groups in total. The van der Waals surface area contributed by atoms with E-state index in [9.17, 15) is 9.59 Å². The zero-order valence-electron chi connectivity index (χ0n) is 17.2. The van der Waals surface area contributed by atoms with Crippen molar-refractivity contribution in [2.24, 2.45) is 0 Å². The molecular weight excluding hydrogens is 408 g/mol. The lowest BCUT2D eigenvalue weighted by Crippen LogP contribution is -2.37. The summed E-state index contributed by atoms with van der Waals surface area (Å²) < 4.78 is 5.72. The van der Waals surface area contributed by atoms with Crippen molar-refractivity contribution in [2.45, 2.75) is 19.9 Å². The molecule has 1 aromatic heterocycles. The number of ether oxygens (including phenoxy) is 1. The predicted molar refractivity (Wildman–Crippen MR) is 122 cm³/mol. The second-order valence-corrected chi connectivity index (χ2v) is 8.44. The first-order valence-corrected chi connectivity index (χ1v) is 11.3. The molecule has 2 amide bonds. The van der Waals surface area contributed by atoms with E-state index in [1.165, 1.54) is 27.4 Å². The van der Waals surface area contributed by atoms with Crippen LogP contribution in [-0.2, 0) is 22.6 Å². The number of imide groups is 1. The first-order chi connectivity index (χ1) is 15.2. The Kier molecular flexibility index (Phi) is 5.08. The molecule has 0 saturated heterocycles. The zero-order valence-corrected chi connectivity index (χ0v) is 18.0. The highest BCUT2D eigenvalue weighted by Crippen LogP contribution is 2.40. The van der Waals surface area contributed by atoms with E-state index in [2.05, 4.69) is 17.0 Å². The fourth-order valence-electron chi connectivity index (χ4n) is 4.28. The monoisotopic (exact) mass is 430 g/mol. The standard InChI is InChI=1S/C25H22N2O3S/c1-2-30-20-11-6-5-10-19(20)27-24(28)22(21-12-7-15-31-21)23(25(27)29)26-14-13-17-8-3-4-9-18(17)16-26/h3-12,15H,2,13-14,16H2,1H3. The highest BCUT2D eigenvalue weighted by atomic mass is 32.1. The summed E-state index contributed by atoms with van der Waals surface area (Å²) in [4.78, 5) is 31.5. The summed E-state index contributed by atoms with van der Waals surface area (Å²) in [6.45, 7) is 3.64. The lowest BCUT2D eigenvalue weighted by Gasteiger charge is -2.31. The van der Waals surface area contributed by atoms with Gasteiger partial charge in [0.1, 0.15) is 11.4 Å². The number of nitrogens with zero attached hydrogens (tertiary/aromatic N) is 2. The molecule has 0 fully saturated rings. The molecule has 0 saturated carbocycles. The Hall–Kier alpha value is -3.38. The Morgan fingerprint density at radius 1 is 0.935 bits per heavy atom. The molecule has 3 aromatic rings. The molecule has 0 atom stereocenters. The molecule has 2 aliphatic rings. The molecule has 156 valence electrons. The number of carbonyl (C=O) groups excluding carboxylic acids is 2. The van der Waals surface area contributed by atoms with Crippen molar-refractivity contribution < 1.29 is 14.3 Å². The van der Waals surface area contributed by atoms with Crippen molar-refractivity contribution in [1.29, 1.82) is 0 Å². The van der Waals surface area contributed by atoms with Crippen LogP contribution >= 0.6 is 11.3 Å². The number of anilines is 1. The van der Waals surface area contributed by atoms with Crippen molar-refractivity contribution >= 4 is 34.4 Å². The minimum absolute atomic E-state index is 0.292. The average molecular weight is 431 g/mol. The number of para-hydroxylation sites is 2. The van der Waals surface area contributed by atoms with Crippen molar-refractivity contribution in [2.75, 3.05) is 18.1 Å². The number of carbonyl (C=O) groups is 2. The number of rotatable bonds is 5. The molecule has 0 unspecified atom stereocenters. The van der Waals surface area contributed by atoms with Gasteiger partial charge in [-0.2, -0.15) is 0 Å². The van der Waals surface area contributed by atoms with Crippen molar-refractivity contribution in [3.63, 3.8) is 0 Å². The van der Waals surface area contributed by atoms with Crippen LogP contribution in [0.25, 0.3) is 5.57 Å². The fourth-order valence-corrected chi connectivity index (χ4v) is 5.04. The van der Waals surface area contributed by atoms with E-state index in [0.717, 1.165) is 11.3 Å². The molecule has 0 spiro atoms.